The van der Waals surface area contributed by atoms with Crippen molar-refractivity contribution in [2.75, 3.05) is 19.8 Å². The van der Waals surface area contributed by atoms with E-state index in [1.165, 1.54) is 24.5 Å². The van der Waals surface area contributed by atoms with Crippen LogP contribution in [0.5, 0.6) is 11.5 Å². The van der Waals surface area contributed by atoms with Gasteiger partial charge in [0.05, 0.1) is 11.6 Å². The van der Waals surface area contributed by atoms with Crippen LogP contribution in [0.3, 0.4) is 0 Å². The Morgan fingerprint density at radius 2 is 1.81 bits per heavy atom. The summed E-state index contributed by atoms with van der Waals surface area (Å²) in [5, 5.41) is 2.92. The highest BCUT2D eigenvalue weighted by atomic mass is 16.6. The fourth-order valence-corrected chi connectivity index (χ4v) is 2.81. The minimum Gasteiger partial charge on any atom is -0.486 e. The van der Waals surface area contributed by atoms with Crippen LogP contribution in [0.25, 0.3) is 0 Å². The van der Waals surface area contributed by atoms with Crippen LogP contribution in [0.15, 0.2) is 42.7 Å². The van der Waals surface area contributed by atoms with E-state index < -0.39 is 5.97 Å². The molecule has 0 bridgehead atoms. The second kappa shape index (κ2) is 8.53. The first-order valence-electron chi connectivity index (χ1n) is 8.80. The van der Waals surface area contributed by atoms with Crippen molar-refractivity contribution in [3.05, 3.63) is 53.9 Å². The van der Waals surface area contributed by atoms with Gasteiger partial charge < -0.3 is 19.5 Å². The Hall–Kier alpha value is -3.09. The van der Waals surface area contributed by atoms with Gasteiger partial charge in [0.15, 0.2) is 18.1 Å². The summed E-state index contributed by atoms with van der Waals surface area (Å²) in [5.41, 5.74) is 1.26. The summed E-state index contributed by atoms with van der Waals surface area (Å²) in [4.78, 5) is 28.1. The van der Waals surface area contributed by atoms with Crippen LogP contribution in [-0.4, -0.2) is 36.7 Å². The molecule has 1 aliphatic heterocycles. The molecule has 1 amide bonds. The van der Waals surface area contributed by atoms with Crippen molar-refractivity contribution in [3.63, 3.8) is 0 Å². The third kappa shape index (κ3) is 4.75. The summed E-state index contributed by atoms with van der Waals surface area (Å²) in [5.74, 6) is 0.569. The van der Waals surface area contributed by atoms with Gasteiger partial charge in [0, 0.05) is 12.4 Å². The van der Waals surface area contributed by atoms with E-state index in [1.54, 1.807) is 0 Å². The van der Waals surface area contributed by atoms with Gasteiger partial charge in [0.2, 0.25) is 0 Å². The number of rotatable bonds is 6. The molecule has 1 N–H and O–H groups in total. The molecule has 1 aromatic carbocycles. The van der Waals surface area contributed by atoms with Crippen LogP contribution >= 0.6 is 0 Å². The van der Waals surface area contributed by atoms with E-state index in [9.17, 15) is 9.59 Å². The average molecular weight is 370 g/mol. The maximum atomic E-state index is 12.3. The predicted octanol–water partition coefficient (Wildman–Crippen LogP) is 2.52. The number of pyridine rings is 1. The molecule has 0 fully saturated rings. The fraction of sp³-hybridized carbons (Fsp3) is 0.350. The summed E-state index contributed by atoms with van der Waals surface area (Å²) >= 11 is 0. The maximum absolute atomic E-state index is 12.3. The predicted molar refractivity (Wildman–Crippen MR) is 97.7 cm³/mol. The number of carbonyl (C=O) groups is 2. The van der Waals surface area contributed by atoms with Crippen molar-refractivity contribution in [2.45, 2.75) is 19.9 Å². The molecule has 1 aliphatic rings. The van der Waals surface area contributed by atoms with E-state index in [2.05, 4.69) is 10.3 Å². The molecule has 7 heteroatoms. The molecule has 0 radical (unpaired) electrons. The van der Waals surface area contributed by atoms with Crippen molar-refractivity contribution in [2.24, 2.45) is 5.92 Å². The Morgan fingerprint density at radius 1 is 1.11 bits per heavy atom. The van der Waals surface area contributed by atoms with E-state index in [0.29, 0.717) is 30.3 Å². The highest BCUT2D eigenvalue weighted by Crippen LogP contribution is 2.34. The number of carbonyl (C=O) groups excluding carboxylic acids is 2. The van der Waals surface area contributed by atoms with E-state index in [0.717, 1.165) is 5.56 Å². The molecule has 7 nitrogen and oxygen atoms in total. The molecule has 27 heavy (non-hydrogen) atoms. The Morgan fingerprint density at radius 3 is 2.52 bits per heavy atom. The first kappa shape index (κ1) is 18.7. The lowest BCUT2D eigenvalue weighted by molar-refractivity contribution is -0.125. The average Bonchev–Trinajstić information content (AvgIpc) is 2.70. The first-order chi connectivity index (χ1) is 13.0. The number of esters is 1. The number of hydrogen-bond donors (Lipinski definition) is 1. The number of nitrogens with zero attached hydrogens (tertiary/aromatic N) is 1. The molecule has 1 aromatic heterocycles. The Labute approximate surface area is 157 Å². The molecule has 142 valence electrons. The third-order valence-electron chi connectivity index (χ3n) is 4.16. The molecule has 3 rings (SSSR count). The number of fused-ring (bicyclic) bond motifs is 1. The minimum absolute atomic E-state index is 0.132. The van der Waals surface area contributed by atoms with Crippen LogP contribution in [0.2, 0.25) is 0 Å². The third-order valence-corrected chi connectivity index (χ3v) is 4.16. The molecule has 0 spiro atoms. The molecule has 2 aromatic rings. The van der Waals surface area contributed by atoms with Crippen molar-refractivity contribution < 1.29 is 23.8 Å². The van der Waals surface area contributed by atoms with Gasteiger partial charge in [-0.15, -0.1) is 0 Å². The molecule has 0 saturated carbocycles. The van der Waals surface area contributed by atoms with Crippen LogP contribution in [0.4, 0.5) is 0 Å². The van der Waals surface area contributed by atoms with Gasteiger partial charge in [0.1, 0.15) is 13.2 Å². The Kier molecular flexibility index (Phi) is 5.90. The zero-order valence-electron chi connectivity index (χ0n) is 15.3. The largest absolute Gasteiger partial charge is 0.486 e. The van der Waals surface area contributed by atoms with Crippen LogP contribution in [-0.2, 0) is 9.53 Å². The summed E-state index contributed by atoms with van der Waals surface area (Å²) in [7, 11) is 0. The Balaban J connectivity index is 1.62. The molecular weight excluding hydrogens is 348 g/mol. The highest BCUT2D eigenvalue weighted by molar-refractivity contribution is 5.91. The number of amides is 1. The second-order valence-electron chi connectivity index (χ2n) is 6.50. The van der Waals surface area contributed by atoms with E-state index in [-0.39, 0.29) is 24.5 Å². The van der Waals surface area contributed by atoms with Crippen molar-refractivity contribution in [1.29, 1.82) is 0 Å². The summed E-state index contributed by atoms with van der Waals surface area (Å²) in [6, 6.07) is 8.45. The fourth-order valence-electron chi connectivity index (χ4n) is 2.81. The van der Waals surface area contributed by atoms with Crippen LogP contribution in [0.1, 0.15) is 35.8 Å². The topological polar surface area (TPSA) is 86.8 Å². The molecular formula is C20H22N2O5. The summed E-state index contributed by atoms with van der Waals surface area (Å²) in [6.45, 7) is 4.68. The van der Waals surface area contributed by atoms with Gasteiger partial charge in [-0.05, 0) is 35.7 Å². The number of ether oxygens (including phenoxy) is 3. The zero-order valence-corrected chi connectivity index (χ0v) is 15.3. The van der Waals surface area contributed by atoms with E-state index in [4.69, 9.17) is 14.2 Å². The van der Waals surface area contributed by atoms with Gasteiger partial charge in [-0.2, -0.15) is 0 Å². The Bertz CT molecular complexity index is 807. The zero-order chi connectivity index (χ0) is 19.2. The molecule has 0 saturated heterocycles. The summed E-state index contributed by atoms with van der Waals surface area (Å²) < 4.78 is 16.2. The molecule has 2 heterocycles. The number of benzene rings is 1. The van der Waals surface area contributed by atoms with Gasteiger partial charge in [-0.25, -0.2) is 4.79 Å². The summed E-state index contributed by atoms with van der Waals surface area (Å²) in [6.07, 6.45) is 2.99. The normalized spacial score (nSPS) is 13.7. The maximum Gasteiger partial charge on any atom is 0.338 e. The molecule has 0 unspecified atom stereocenters. The van der Waals surface area contributed by atoms with Gasteiger partial charge >= 0.3 is 5.97 Å². The van der Waals surface area contributed by atoms with Gasteiger partial charge in [0.25, 0.3) is 5.91 Å². The van der Waals surface area contributed by atoms with E-state index in [1.807, 2.05) is 32.0 Å². The van der Waals surface area contributed by atoms with Crippen molar-refractivity contribution >= 4 is 11.9 Å². The quantitative estimate of drug-likeness (QED) is 0.787. The van der Waals surface area contributed by atoms with Crippen LogP contribution in [0, 0.1) is 5.92 Å². The number of hydrogen-bond acceptors (Lipinski definition) is 6. The lowest BCUT2D eigenvalue weighted by atomic mass is 9.95. The van der Waals surface area contributed by atoms with E-state index >= 15 is 0 Å². The lowest BCUT2D eigenvalue weighted by Crippen LogP contribution is -2.35. The van der Waals surface area contributed by atoms with Gasteiger partial charge in [-0.3, -0.25) is 9.78 Å². The lowest BCUT2D eigenvalue weighted by Gasteiger charge is -2.25. The monoisotopic (exact) mass is 370 g/mol. The molecule has 1 atom stereocenters. The second-order valence-corrected chi connectivity index (χ2v) is 6.50. The standard InChI is InChI=1S/C20H22N2O5/c1-13(2)19(15-3-4-16-17(11-15)26-10-9-25-16)22-18(23)12-27-20(24)14-5-7-21-8-6-14/h3-8,11,13,19H,9-10,12H2,1-2H3,(H,22,23)/t19-/m0/s1. The van der Waals surface area contributed by atoms with Crippen LogP contribution < -0.4 is 14.8 Å². The van der Waals surface area contributed by atoms with Crippen molar-refractivity contribution in [3.8, 4) is 11.5 Å². The number of aromatic nitrogens is 1. The highest BCUT2D eigenvalue weighted by Gasteiger charge is 2.22. The van der Waals surface area contributed by atoms with Crippen molar-refractivity contribution in [1.82, 2.24) is 10.3 Å². The first-order valence-corrected chi connectivity index (χ1v) is 8.80. The minimum atomic E-state index is -0.562. The SMILES string of the molecule is CC(C)[C@H](NC(=O)COC(=O)c1ccncc1)c1ccc2c(c1)OCCO2. The number of nitrogens with one attached hydrogen (secondary N) is 1. The molecule has 0 aliphatic carbocycles. The smallest absolute Gasteiger partial charge is 0.338 e. The van der Waals surface area contributed by atoms with Gasteiger partial charge in [-0.1, -0.05) is 19.9 Å².